The molecule has 1 aromatic carbocycles. The summed E-state index contributed by atoms with van der Waals surface area (Å²) >= 11 is 0. The van der Waals surface area contributed by atoms with Crippen molar-refractivity contribution in [2.45, 2.75) is 32.9 Å². The lowest BCUT2D eigenvalue weighted by Crippen LogP contribution is -2.46. The number of ether oxygens (including phenoxy) is 1. The second-order valence-electron chi connectivity index (χ2n) is 8.35. The molecular formula is C22H31N5O2. The van der Waals surface area contributed by atoms with Gasteiger partial charge in [-0.15, -0.1) is 0 Å². The fourth-order valence-corrected chi connectivity index (χ4v) is 3.27. The molecule has 1 fully saturated rings. The maximum atomic E-state index is 12.0. The van der Waals surface area contributed by atoms with Gasteiger partial charge in [-0.2, -0.15) is 0 Å². The summed E-state index contributed by atoms with van der Waals surface area (Å²) in [5.41, 5.74) is 1.71. The van der Waals surface area contributed by atoms with Gasteiger partial charge in [-0.25, -0.2) is 9.78 Å². The normalized spacial score (nSPS) is 15.1. The van der Waals surface area contributed by atoms with Gasteiger partial charge in [-0.3, -0.25) is 4.90 Å². The largest absolute Gasteiger partial charge is 0.497 e. The van der Waals surface area contributed by atoms with E-state index in [0.29, 0.717) is 5.69 Å². The molecule has 0 saturated carbocycles. The van der Waals surface area contributed by atoms with Crippen LogP contribution in [0, 0.1) is 0 Å². The lowest BCUT2D eigenvalue weighted by atomic mass is 10.1. The molecule has 7 nitrogen and oxygen atoms in total. The van der Waals surface area contributed by atoms with E-state index in [1.54, 1.807) is 13.3 Å². The third-order valence-electron chi connectivity index (χ3n) is 4.76. The van der Waals surface area contributed by atoms with Crippen LogP contribution in [0.5, 0.6) is 5.75 Å². The minimum Gasteiger partial charge on any atom is -0.497 e. The van der Waals surface area contributed by atoms with E-state index < -0.39 is 0 Å². The molecule has 29 heavy (non-hydrogen) atoms. The Morgan fingerprint density at radius 1 is 1.07 bits per heavy atom. The molecule has 2 N–H and O–H groups in total. The van der Waals surface area contributed by atoms with E-state index in [1.807, 2.05) is 45.0 Å². The summed E-state index contributed by atoms with van der Waals surface area (Å²) in [6.07, 6.45) is 1.71. The van der Waals surface area contributed by atoms with Crippen LogP contribution in [0.1, 0.15) is 26.3 Å². The maximum absolute atomic E-state index is 12.0. The van der Waals surface area contributed by atoms with Crippen LogP contribution in [-0.4, -0.2) is 54.7 Å². The number of urea groups is 1. The van der Waals surface area contributed by atoms with Crippen LogP contribution in [0.3, 0.4) is 0 Å². The van der Waals surface area contributed by atoms with Crippen molar-refractivity contribution in [1.82, 2.24) is 15.2 Å². The summed E-state index contributed by atoms with van der Waals surface area (Å²) in [5, 5.41) is 5.70. The first-order valence-corrected chi connectivity index (χ1v) is 9.98. The monoisotopic (exact) mass is 397 g/mol. The van der Waals surface area contributed by atoms with Crippen molar-refractivity contribution in [3.05, 3.63) is 48.2 Å². The molecular weight excluding hydrogens is 366 g/mol. The zero-order chi connectivity index (χ0) is 20.9. The smallest absolute Gasteiger partial charge is 0.319 e. The Hall–Kier alpha value is -2.80. The molecule has 0 radical (unpaired) electrons. The standard InChI is InChI=1S/C22H31N5O2/c1-22(2,3)25-21(28)24-18-7-10-20(23-15-18)27-13-11-26(12-14-27)16-17-5-8-19(29-4)9-6-17/h5-10,15H,11-14,16H2,1-4H3,(H2,24,25,28). The van der Waals surface area contributed by atoms with E-state index in [0.717, 1.165) is 44.3 Å². The van der Waals surface area contributed by atoms with Gasteiger partial charge in [0.25, 0.3) is 0 Å². The predicted octanol–water partition coefficient (Wildman–Crippen LogP) is 3.33. The predicted molar refractivity (Wildman–Crippen MR) is 117 cm³/mol. The average Bonchev–Trinajstić information content (AvgIpc) is 2.68. The number of benzene rings is 1. The number of rotatable bonds is 5. The first-order valence-electron chi connectivity index (χ1n) is 9.98. The van der Waals surface area contributed by atoms with Gasteiger partial charge >= 0.3 is 6.03 Å². The molecule has 2 aromatic rings. The zero-order valence-electron chi connectivity index (χ0n) is 17.7. The Morgan fingerprint density at radius 3 is 2.31 bits per heavy atom. The molecule has 0 atom stereocenters. The first-order chi connectivity index (χ1) is 13.8. The number of carbonyl (C=O) groups is 1. The van der Waals surface area contributed by atoms with Crippen molar-refractivity contribution in [3.8, 4) is 5.75 Å². The van der Waals surface area contributed by atoms with Crippen molar-refractivity contribution >= 4 is 17.5 Å². The van der Waals surface area contributed by atoms with Crippen LogP contribution in [0.15, 0.2) is 42.6 Å². The quantitative estimate of drug-likeness (QED) is 0.810. The number of nitrogens with zero attached hydrogens (tertiary/aromatic N) is 3. The second kappa shape index (κ2) is 9.13. The summed E-state index contributed by atoms with van der Waals surface area (Å²) < 4.78 is 5.22. The molecule has 0 aliphatic carbocycles. The minimum absolute atomic E-state index is 0.223. The first kappa shape index (κ1) is 20.9. The van der Waals surface area contributed by atoms with Gasteiger partial charge in [0.1, 0.15) is 11.6 Å². The molecule has 156 valence electrons. The Morgan fingerprint density at radius 2 is 1.76 bits per heavy atom. The molecule has 1 aliphatic heterocycles. The lowest BCUT2D eigenvalue weighted by Gasteiger charge is -2.35. The van der Waals surface area contributed by atoms with Crippen LogP contribution in [0.4, 0.5) is 16.3 Å². The highest BCUT2D eigenvalue weighted by Crippen LogP contribution is 2.18. The Bertz CT molecular complexity index is 791. The molecule has 1 aromatic heterocycles. The van der Waals surface area contributed by atoms with Crippen molar-refractivity contribution in [1.29, 1.82) is 0 Å². The number of carbonyl (C=O) groups excluding carboxylic acids is 1. The molecule has 3 rings (SSSR count). The number of hydrogen-bond donors (Lipinski definition) is 2. The number of piperazine rings is 1. The fraction of sp³-hybridized carbons (Fsp3) is 0.455. The summed E-state index contributed by atoms with van der Waals surface area (Å²) in [6.45, 7) is 10.6. The van der Waals surface area contributed by atoms with Gasteiger partial charge in [-0.1, -0.05) is 12.1 Å². The molecule has 1 aliphatic rings. The van der Waals surface area contributed by atoms with Crippen LogP contribution >= 0.6 is 0 Å². The van der Waals surface area contributed by atoms with Gasteiger partial charge in [0.05, 0.1) is 19.0 Å². The SMILES string of the molecule is COc1ccc(CN2CCN(c3ccc(NC(=O)NC(C)(C)C)cn3)CC2)cc1. The topological polar surface area (TPSA) is 69.7 Å². The van der Waals surface area contributed by atoms with Gasteiger partial charge in [0.2, 0.25) is 0 Å². The Kier molecular flexibility index (Phi) is 6.59. The Balaban J connectivity index is 1.48. The van der Waals surface area contributed by atoms with Gasteiger partial charge in [0.15, 0.2) is 0 Å². The molecule has 2 amide bonds. The molecule has 7 heteroatoms. The number of pyridine rings is 1. The van der Waals surface area contributed by atoms with E-state index in [4.69, 9.17) is 4.74 Å². The van der Waals surface area contributed by atoms with E-state index in [1.165, 1.54) is 5.56 Å². The van der Waals surface area contributed by atoms with E-state index in [-0.39, 0.29) is 11.6 Å². The van der Waals surface area contributed by atoms with Gasteiger partial charge < -0.3 is 20.3 Å². The Labute approximate surface area is 173 Å². The second-order valence-corrected chi connectivity index (χ2v) is 8.35. The third kappa shape index (κ3) is 6.35. The van der Waals surface area contributed by atoms with Crippen molar-refractivity contribution in [2.24, 2.45) is 0 Å². The highest BCUT2D eigenvalue weighted by molar-refractivity contribution is 5.89. The van der Waals surface area contributed by atoms with E-state index >= 15 is 0 Å². The molecule has 1 saturated heterocycles. The zero-order valence-corrected chi connectivity index (χ0v) is 17.7. The van der Waals surface area contributed by atoms with Gasteiger partial charge in [-0.05, 0) is 50.6 Å². The van der Waals surface area contributed by atoms with Gasteiger partial charge in [0, 0.05) is 38.3 Å². The number of aromatic nitrogens is 1. The fourth-order valence-electron chi connectivity index (χ4n) is 3.27. The van der Waals surface area contributed by atoms with E-state index in [2.05, 4.69) is 37.6 Å². The van der Waals surface area contributed by atoms with Crippen LogP contribution < -0.4 is 20.3 Å². The molecule has 0 bridgehead atoms. The third-order valence-corrected chi connectivity index (χ3v) is 4.76. The summed E-state index contributed by atoms with van der Waals surface area (Å²) in [4.78, 5) is 21.2. The summed E-state index contributed by atoms with van der Waals surface area (Å²) in [7, 11) is 1.69. The van der Waals surface area contributed by atoms with Crippen molar-refractivity contribution in [3.63, 3.8) is 0 Å². The van der Waals surface area contributed by atoms with Crippen LogP contribution in [-0.2, 0) is 6.54 Å². The lowest BCUT2D eigenvalue weighted by molar-refractivity contribution is 0.244. The van der Waals surface area contributed by atoms with Crippen molar-refractivity contribution in [2.75, 3.05) is 43.5 Å². The molecule has 2 heterocycles. The van der Waals surface area contributed by atoms with Crippen LogP contribution in [0.2, 0.25) is 0 Å². The molecule has 0 unspecified atom stereocenters. The van der Waals surface area contributed by atoms with E-state index in [9.17, 15) is 4.79 Å². The summed E-state index contributed by atoms with van der Waals surface area (Å²) in [6, 6.07) is 11.9. The highest BCUT2D eigenvalue weighted by Gasteiger charge is 2.18. The average molecular weight is 398 g/mol. The number of amides is 2. The maximum Gasteiger partial charge on any atom is 0.319 e. The van der Waals surface area contributed by atoms with Crippen LogP contribution in [0.25, 0.3) is 0 Å². The number of nitrogens with one attached hydrogen (secondary N) is 2. The highest BCUT2D eigenvalue weighted by atomic mass is 16.5. The number of methoxy groups -OCH3 is 1. The molecule has 0 spiro atoms. The van der Waals surface area contributed by atoms with Crippen molar-refractivity contribution < 1.29 is 9.53 Å². The number of hydrogen-bond acceptors (Lipinski definition) is 5. The number of anilines is 2. The summed E-state index contributed by atoms with van der Waals surface area (Å²) in [5.74, 6) is 1.83. The minimum atomic E-state index is -0.275.